The molecule has 2 rings (SSSR count). The van der Waals surface area contributed by atoms with E-state index in [2.05, 4.69) is 54.4 Å². The van der Waals surface area contributed by atoms with Crippen molar-refractivity contribution >= 4 is 17.1 Å². The van der Waals surface area contributed by atoms with Gasteiger partial charge in [0.25, 0.3) is 0 Å². The van der Waals surface area contributed by atoms with Gasteiger partial charge in [-0.05, 0) is 25.5 Å². The fourth-order valence-electron chi connectivity index (χ4n) is 1.96. The number of aliphatic imine (C=N–C) groups is 1. The fraction of sp³-hybridized carbons (Fsp3) is 0.214. The molecule has 1 aromatic carbocycles. The van der Waals surface area contributed by atoms with Crippen LogP contribution in [0.5, 0.6) is 0 Å². The number of nitrogens with zero attached hydrogens (tertiary/aromatic N) is 2. The summed E-state index contributed by atoms with van der Waals surface area (Å²) < 4.78 is 2.16. The predicted molar refractivity (Wildman–Crippen MR) is 70.1 cm³/mol. The van der Waals surface area contributed by atoms with Crippen LogP contribution >= 0.6 is 0 Å². The average Bonchev–Trinajstić information content (AvgIpc) is 2.50. The monoisotopic (exact) mass is 212 g/mol. The van der Waals surface area contributed by atoms with Gasteiger partial charge in [-0.15, -0.1) is 0 Å². The number of allylic oxidation sites excluding steroid dienone is 1. The molecule has 0 radical (unpaired) electrons. The quantitative estimate of drug-likeness (QED) is 0.678. The largest absolute Gasteiger partial charge is 0.343 e. The third-order valence-electron chi connectivity index (χ3n) is 2.82. The summed E-state index contributed by atoms with van der Waals surface area (Å²) in [6.07, 6.45) is 1.89. The van der Waals surface area contributed by atoms with Crippen molar-refractivity contribution in [1.29, 1.82) is 0 Å². The number of fused-ring (bicyclic) bond motifs is 1. The highest BCUT2D eigenvalue weighted by Crippen LogP contribution is 2.23. The van der Waals surface area contributed by atoms with Crippen LogP contribution in [0.25, 0.3) is 10.9 Å². The highest BCUT2D eigenvalue weighted by atomic mass is 15.0. The van der Waals surface area contributed by atoms with Gasteiger partial charge in [0.1, 0.15) is 0 Å². The zero-order chi connectivity index (χ0) is 11.7. The van der Waals surface area contributed by atoms with E-state index in [1.54, 1.807) is 0 Å². The number of hydrogen-bond acceptors (Lipinski definition) is 1. The maximum absolute atomic E-state index is 4.27. The Balaban J connectivity index is 2.66. The van der Waals surface area contributed by atoms with Gasteiger partial charge in [0.2, 0.25) is 0 Å². The molecule has 0 N–H and O–H groups in total. The Morgan fingerprint density at radius 3 is 2.69 bits per heavy atom. The lowest BCUT2D eigenvalue weighted by Gasteiger charge is -1.99. The number of benzene rings is 1. The number of aryl methyl sites for hydroxylation is 2. The Kier molecular flexibility index (Phi) is 2.65. The van der Waals surface area contributed by atoms with Crippen molar-refractivity contribution in [2.24, 2.45) is 12.0 Å². The highest BCUT2D eigenvalue weighted by molar-refractivity contribution is 5.94. The van der Waals surface area contributed by atoms with Crippen molar-refractivity contribution in [2.45, 2.75) is 13.8 Å². The van der Waals surface area contributed by atoms with E-state index in [-0.39, 0.29) is 0 Å². The number of aromatic nitrogens is 1. The fourth-order valence-corrected chi connectivity index (χ4v) is 1.96. The molecule has 1 heterocycles. The van der Waals surface area contributed by atoms with Gasteiger partial charge in [-0.2, -0.15) is 0 Å². The van der Waals surface area contributed by atoms with Gasteiger partial charge in [0, 0.05) is 23.6 Å². The lowest BCUT2D eigenvalue weighted by atomic mass is 10.1. The molecule has 1 aromatic heterocycles. The van der Waals surface area contributed by atoms with Crippen LogP contribution in [0, 0.1) is 6.92 Å². The lowest BCUT2D eigenvalue weighted by Crippen LogP contribution is -1.95. The first kappa shape index (κ1) is 10.7. The third kappa shape index (κ3) is 1.67. The topological polar surface area (TPSA) is 17.3 Å². The van der Waals surface area contributed by atoms with Crippen LogP contribution in [0.15, 0.2) is 41.5 Å². The Labute approximate surface area is 95.9 Å². The molecule has 16 heavy (non-hydrogen) atoms. The van der Waals surface area contributed by atoms with Gasteiger partial charge in [-0.1, -0.05) is 24.8 Å². The number of para-hydroxylation sites is 1. The summed E-state index contributed by atoms with van der Waals surface area (Å²) in [7, 11) is 2.06. The van der Waals surface area contributed by atoms with Crippen LogP contribution in [0.2, 0.25) is 0 Å². The van der Waals surface area contributed by atoms with Gasteiger partial charge in [-0.3, -0.25) is 4.99 Å². The standard InChI is InChI=1S/C14H16N2/c1-10(2)15-9-14-11(3)12-7-5-6-8-13(12)16(14)4/h5-9H,1H2,2-4H3. The van der Waals surface area contributed by atoms with E-state index < -0.39 is 0 Å². The minimum Gasteiger partial charge on any atom is -0.343 e. The first-order valence-corrected chi connectivity index (χ1v) is 5.35. The van der Waals surface area contributed by atoms with Crippen LogP contribution in [-0.4, -0.2) is 10.8 Å². The van der Waals surface area contributed by atoms with Crippen molar-refractivity contribution in [3.63, 3.8) is 0 Å². The van der Waals surface area contributed by atoms with Crippen LogP contribution in [0.4, 0.5) is 0 Å². The second-order valence-electron chi connectivity index (χ2n) is 4.08. The van der Waals surface area contributed by atoms with Gasteiger partial charge in [-0.25, -0.2) is 0 Å². The second-order valence-corrected chi connectivity index (χ2v) is 4.08. The Bertz CT molecular complexity index is 535. The SMILES string of the molecule is C=C(C)N=Cc1c(C)c2ccccc2n1C. The molecule has 0 spiro atoms. The molecular weight excluding hydrogens is 196 g/mol. The van der Waals surface area contributed by atoms with Crippen molar-refractivity contribution in [3.05, 3.63) is 47.8 Å². The minimum atomic E-state index is 0.824. The average molecular weight is 212 g/mol. The van der Waals surface area contributed by atoms with Crippen molar-refractivity contribution in [3.8, 4) is 0 Å². The lowest BCUT2D eigenvalue weighted by molar-refractivity contribution is 0.952. The molecule has 0 bridgehead atoms. The maximum Gasteiger partial charge on any atom is 0.0630 e. The first-order valence-electron chi connectivity index (χ1n) is 5.35. The molecule has 0 amide bonds. The van der Waals surface area contributed by atoms with Crippen LogP contribution in [0.1, 0.15) is 18.2 Å². The summed E-state index contributed by atoms with van der Waals surface area (Å²) in [6, 6.07) is 8.39. The minimum absolute atomic E-state index is 0.824. The van der Waals surface area contributed by atoms with E-state index in [9.17, 15) is 0 Å². The van der Waals surface area contributed by atoms with Gasteiger partial charge >= 0.3 is 0 Å². The third-order valence-corrected chi connectivity index (χ3v) is 2.82. The molecular formula is C14H16N2. The van der Waals surface area contributed by atoms with E-state index >= 15 is 0 Å². The second kappa shape index (κ2) is 3.97. The molecule has 0 saturated heterocycles. The molecule has 0 unspecified atom stereocenters. The highest BCUT2D eigenvalue weighted by Gasteiger charge is 2.08. The van der Waals surface area contributed by atoms with Crippen molar-refractivity contribution < 1.29 is 0 Å². The van der Waals surface area contributed by atoms with E-state index in [1.807, 2.05) is 13.1 Å². The van der Waals surface area contributed by atoms with Gasteiger partial charge in [0.15, 0.2) is 0 Å². The van der Waals surface area contributed by atoms with E-state index in [4.69, 9.17) is 0 Å². The summed E-state index contributed by atoms with van der Waals surface area (Å²) in [5.41, 5.74) is 4.47. The summed E-state index contributed by atoms with van der Waals surface area (Å²) in [4.78, 5) is 4.27. The molecule has 0 atom stereocenters. The summed E-state index contributed by atoms with van der Waals surface area (Å²) >= 11 is 0. The summed E-state index contributed by atoms with van der Waals surface area (Å²) in [5.74, 6) is 0. The molecule has 0 aliphatic heterocycles. The van der Waals surface area contributed by atoms with Crippen LogP contribution < -0.4 is 0 Å². The summed E-state index contributed by atoms with van der Waals surface area (Å²) in [5, 5.41) is 1.29. The summed E-state index contributed by atoms with van der Waals surface area (Å²) in [6.45, 7) is 7.80. The normalized spacial score (nSPS) is 11.4. The molecule has 0 fully saturated rings. The Morgan fingerprint density at radius 2 is 2.06 bits per heavy atom. The first-order chi connectivity index (χ1) is 7.61. The van der Waals surface area contributed by atoms with Gasteiger partial charge in [0.05, 0.1) is 11.9 Å². The predicted octanol–water partition coefficient (Wildman–Crippen LogP) is 3.44. The molecule has 2 nitrogen and oxygen atoms in total. The molecule has 0 aliphatic rings. The zero-order valence-electron chi connectivity index (χ0n) is 9.99. The molecule has 2 aromatic rings. The Hall–Kier alpha value is -1.83. The molecule has 2 heteroatoms. The molecule has 0 saturated carbocycles. The van der Waals surface area contributed by atoms with Crippen LogP contribution in [0.3, 0.4) is 0 Å². The van der Waals surface area contributed by atoms with E-state index in [0.29, 0.717) is 0 Å². The van der Waals surface area contributed by atoms with Crippen molar-refractivity contribution in [1.82, 2.24) is 4.57 Å². The van der Waals surface area contributed by atoms with E-state index in [0.717, 1.165) is 11.4 Å². The van der Waals surface area contributed by atoms with Gasteiger partial charge < -0.3 is 4.57 Å². The number of hydrogen-bond donors (Lipinski definition) is 0. The number of rotatable bonds is 2. The van der Waals surface area contributed by atoms with E-state index in [1.165, 1.54) is 16.5 Å². The maximum atomic E-state index is 4.27. The van der Waals surface area contributed by atoms with Crippen molar-refractivity contribution in [2.75, 3.05) is 0 Å². The molecule has 0 aliphatic carbocycles. The van der Waals surface area contributed by atoms with Crippen LogP contribution in [-0.2, 0) is 7.05 Å². The zero-order valence-corrected chi connectivity index (χ0v) is 9.99. The Morgan fingerprint density at radius 1 is 1.38 bits per heavy atom. The molecule has 82 valence electrons. The smallest absolute Gasteiger partial charge is 0.0630 e.